The number of aliphatic hydroxyl groups is 1. The first kappa shape index (κ1) is 12.5. The molecule has 0 saturated heterocycles. The van der Waals surface area contributed by atoms with Crippen molar-refractivity contribution in [2.75, 3.05) is 18.5 Å². The maximum Gasteiger partial charge on any atom is 0.225 e. The van der Waals surface area contributed by atoms with E-state index < -0.39 is 0 Å². The summed E-state index contributed by atoms with van der Waals surface area (Å²) < 4.78 is 0. The van der Waals surface area contributed by atoms with E-state index in [1.807, 2.05) is 0 Å². The van der Waals surface area contributed by atoms with E-state index in [0.717, 1.165) is 22.5 Å². The Morgan fingerprint density at radius 1 is 1.41 bits per heavy atom. The fourth-order valence-corrected chi connectivity index (χ4v) is 3.20. The zero-order valence-electron chi connectivity index (χ0n) is 9.75. The molecule has 4 nitrogen and oxygen atoms in total. The summed E-state index contributed by atoms with van der Waals surface area (Å²) in [7, 11) is 0. The maximum atomic E-state index is 8.86. The first-order valence-corrected chi connectivity index (χ1v) is 6.67. The lowest BCUT2D eigenvalue weighted by molar-refractivity contribution is 0.311. The van der Waals surface area contributed by atoms with Gasteiger partial charge in [0.2, 0.25) is 5.28 Å². The lowest BCUT2D eigenvalue weighted by atomic mass is 10.1. The van der Waals surface area contributed by atoms with Gasteiger partial charge in [-0.1, -0.05) is 6.92 Å². The van der Waals surface area contributed by atoms with Crippen LogP contribution in [0.4, 0.5) is 5.82 Å². The van der Waals surface area contributed by atoms with Gasteiger partial charge in [0.25, 0.3) is 0 Å². The number of halogens is 1. The van der Waals surface area contributed by atoms with Crippen LogP contribution in [-0.2, 0) is 6.42 Å². The summed E-state index contributed by atoms with van der Waals surface area (Å²) in [6, 6.07) is 0. The second kappa shape index (κ2) is 5.16. The molecule has 2 rings (SSSR count). The molecule has 2 heterocycles. The van der Waals surface area contributed by atoms with E-state index in [1.54, 1.807) is 11.3 Å². The minimum Gasteiger partial charge on any atom is -0.395 e. The largest absolute Gasteiger partial charge is 0.395 e. The molecule has 0 aliphatic heterocycles. The second-order valence-electron chi connectivity index (χ2n) is 3.66. The van der Waals surface area contributed by atoms with Crippen LogP contribution in [0.2, 0.25) is 5.28 Å². The molecule has 0 fully saturated rings. The van der Waals surface area contributed by atoms with Crippen LogP contribution in [0.25, 0.3) is 10.2 Å². The summed E-state index contributed by atoms with van der Waals surface area (Å²) in [5, 5.41) is 13.2. The average molecular weight is 272 g/mol. The Hall–Kier alpha value is -0.910. The minimum absolute atomic E-state index is 0.0632. The van der Waals surface area contributed by atoms with Crippen LogP contribution in [0.1, 0.15) is 17.4 Å². The first-order valence-electron chi connectivity index (χ1n) is 5.47. The normalized spacial score (nSPS) is 11.1. The van der Waals surface area contributed by atoms with Crippen molar-refractivity contribution in [3.05, 3.63) is 15.7 Å². The number of aromatic nitrogens is 2. The number of hydrogen-bond donors (Lipinski definition) is 2. The monoisotopic (exact) mass is 271 g/mol. The Bertz CT molecular complexity index is 541. The number of hydrogen-bond acceptors (Lipinski definition) is 5. The Morgan fingerprint density at radius 3 is 2.82 bits per heavy atom. The molecule has 0 amide bonds. The molecule has 17 heavy (non-hydrogen) atoms. The zero-order chi connectivity index (χ0) is 12.4. The SMILES string of the molecule is CCc1c(C)sc2nc(Cl)nc(NCCO)c12. The minimum atomic E-state index is 0.0632. The van der Waals surface area contributed by atoms with Gasteiger partial charge in [0.1, 0.15) is 10.6 Å². The van der Waals surface area contributed by atoms with Gasteiger partial charge in [0.05, 0.1) is 12.0 Å². The van der Waals surface area contributed by atoms with Gasteiger partial charge in [0.15, 0.2) is 0 Å². The number of fused-ring (bicyclic) bond motifs is 1. The molecule has 0 unspecified atom stereocenters. The van der Waals surface area contributed by atoms with Crippen molar-refractivity contribution in [2.45, 2.75) is 20.3 Å². The number of thiophene rings is 1. The molecule has 2 aromatic heterocycles. The zero-order valence-corrected chi connectivity index (χ0v) is 11.3. The van der Waals surface area contributed by atoms with E-state index in [9.17, 15) is 0 Å². The topological polar surface area (TPSA) is 58.0 Å². The number of aryl methyl sites for hydroxylation is 2. The summed E-state index contributed by atoms with van der Waals surface area (Å²) in [6.07, 6.45) is 0.935. The molecule has 0 bridgehead atoms. The highest BCUT2D eigenvalue weighted by Gasteiger charge is 2.15. The van der Waals surface area contributed by atoms with E-state index in [-0.39, 0.29) is 11.9 Å². The van der Waals surface area contributed by atoms with Crippen LogP contribution in [0.5, 0.6) is 0 Å². The number of rotatable bonds is 4. The standard InChI is InChI=1S/C11H14ClN3OS/c1-3-7-6(2)17-10-8(7)9(13-4-5-16)14-11(12)15-10/h16H,3-5H2,1-2H3,(H,13,14,15). The lowest BCUT2D eigenvalue weighted by Gasteiger charge is -2.06. The molecule has 2 N–H and O–H groups in total. The smallest absolute Gasteiger partial charge is 0.225 e. The molecule has 0 saturated carbocycles. The summed E-state index contributed by atoms with van der Waals surface area (Å²) in [4.78, 5) is 10.6. The summed E-state index contributed by atoms with van der Waals surface area (Å²) in [5.41, 5.74) is 1.25. The molecule has 0 radical (unpaired) electrons. The van der Waals surface area contributed by atoms with Crippen molar-refractivity contribution in [2.24, 2.45) is 0 Å². The predicted octanol–water partition coefficient (Wildman–Crippen LogP) is 2.62. The van der Waals surface area contributed by atoms with Crippen molar-refractivity contribution < 1.29 is 5.11 Å². The van der Waals surface area contributed by atoms with Crippen LogP contribution in [0, 0.1) is 6.92 Å². The summed E-state index contributed by atoms with van der Waals surface area (Å²) in [6.45, 7) is 4.71. The average Bonchev–Trinajstić information content (AvgIpc) is 2.61. The van der Waals surface area contributed by atoms with Crippen molar-refractivity contribution in [1.29, 1.82) is 0 Å². The van der Waals surface area contributed by atoms with Crippen molar-refractivity contribution in [3.63, 3.8) is 0 Å². The molecular weight excluding hydrogens is 258 g/mol. The van der Waals surface area contributed by atoms with Gasteiger partial charge in [-0.25, -0.2) is 9.97 Å². The number of nitrogens with one attached hydrogen (secondary N) is 1. The molecule has 0 aliphatic carbocycles. The highest BCUT2D eigenvalue weighted by atomic mass is 35.5. The Labute approximate surface area is 109 Å². The quantitative estimate of drug-likeness (QED) is 0.840. The van der Waals surface area contributed by atoms with E-state index in [4.69, 9.17) is 16.7 Å². The number of aliphatic hydroxyl groups excluding tert-OH is 1. The Kier molecular flexibility index (Phi) is 3.81. The fourth-order valence-electron chi connectivity index (χ4n) is 1.87. The van der Waals surface area contributed by atoms with E-state index in [1.165, 1.54) is 10.4 Å². The van der Waals surface area contributed by atoms with Crippen LogP contribution < -0.4 is 5.32 Å². The van der Waals surface area contributed by atoms with E-state index in [2.05, 4.69) is 29.1 Å². The van der Waals surface area contributed by atoms with Crippen LogP contribution in [0.15, 0.2) is 0 Å². The van der Waals surface area contributed by atoms with Crippen molar-refractivity contribution in [1.82, 2.24) is 9.97 Å². The Morgan fingerprint density at radius 2 is 2.18 bits per heavy atom. The third kappa shape index (κ3) is 2.36. The van der Waals surface area contributed by atoms with Gasteiger partial charge in [-0.2, -0.15) is 0 Å². The van der Waals surface area contributed by atoms with Crippen LogP contribution in [0.3, 0.4) is 0 Å². The molecule has 0 aliphatic rings. The first-order chi connectivity index (χ1) is 8.17. The third-order valence-corrected chi connectivity index (χ3v) is 3.79. The van der Waals surface area contributed by atoms with Gasteiger partial charge in [-0.3, -0.25) is 0 Å². The van der Waals surface area contributed by atoms with Gasteiger partial charge in [-0.05, 0) is 30.5 Å². The highest BCUT2D eigenvalue weighted by Crippen LogP contribution is 2.34. The number of anilines is 1. The van der Waals surface area contributed by atoms with Gasteiger partial charge >= 0.3 is 0 Å². The third-order valence-electron chi connectivity index (χ3n) is 2.58. The molecule has 92 valence electrons. The van der Waals surface area contributed by atoms with E-state index in [0.29, 0.717) is 6.54 Å². The second-order valence-corrected chi connectivity index (χ2v) is 5.20. The Balaban J connectivity index is 2.62. The van der Waals surface area contributed by atoms with E-state index >= 15 is 0 Å². The molecular formula is C11H14ClN3OS. The van der Waals surface area contributed by atoms with Gasteiger partial charge < -0.3 is 10.4 Å². The molecule has 0 spiro atoms. The van der Waals surface area contributed by atoms with Crippen LogP contribution in [-0.4, -0.2) is 28.2 Å². The summed E-state index contributed by atoms with van der Waals surface area (Å²) in [5.74, 6) is 0.718. The molecule has 0 atom stereocenters. The fraction of sp³-hybridized carbons (Fsp3) is 0.455. The van der Waals surface area contributed by atoms with Gasteiger partial charge in [-0.15, -0.1) is 11.3 Å². The molecule has 2 aromatic rings. The lowest BCUT2D eigenvalue weighted by Crippen LogP contribution is -2.08. The van der Waals surface area contributed by atoms with Crippen molar-refractivity contribution >= 4 is 39.0 Å². The number of nitrogens with zero attached hydrogens (tertiary/aromatic N) is 2. The van der Waals surface area contributed by atoms with Crippen molar-refractivity contribution in [3.8, 4) is 0 Å². The maximum absolute atomic E-state index is 8.86. The van der Waals surface area contributed by atoms with Gasteiger partial charge in [0, 0.05) is 11.4 Å². The predicted molar refractivity (Wildman–Crippen MR) is 72.1 cm³/mol. The summed E-state index contributed by atoms with van der Waals surface area (Å²) >= 11 is 7.52. The molecule has 0 aromatic carbocycles. The highest BCUT2D eigenvalue weighted by molar-refractivity contribution is 7.18. The van der Waals surface area contributed by atoms with Crippen LogP contribution >= 0.6 is 22.9 Å². The molecule has 6 heteroatoms.